The van der Waals surface area contributed by atoms with Gasteiger partial charge in [-0.15, -0.1) is 0 Å². The predicted molar refractivity (Wildman–Crippen MR) is 78.9 cm³/mol. The van der Waals surface area contributed by atoms with E-state index in [0.717, 1.165) is 24.8 Å². The Morgan fingerprint density at radius 2 is 2.16 bits per heavy atom. The monoisotopic (exact) mass is 258 g/mol. The van der Waals surface area contributed by atoms with Gasteiger partial charge in [0.05, 0.1) is 7.11 Å². The average Bonchev–Trinajstić information content (AvgIpc) is 3.22. The van der Waals surface area contributed by atoms with Crippen LogP contribution in [0.2, 0.25) is 0 Å². The maximum atomic E-state index is 5.35. The van der Waals surface area contributed by atoms with Crippen molar-refractivity contribution in [3.8, 4) is 5.75 Å². The Morgan fingerprint density at radius 3 is 2.84 bits per heavy atom. The van der Waals surface area contributed by atoms with Crippen LogP contribution in [0.15, 0.2) is 18.2 Å². The van der Waals surface area contributed by atoms with Crippen LogP contribution >= 0.6 is 0 Å². The zero-order valence-electron chi connectivity index (χ0n) is 12.0. The van der Waals surface area contributed by atoms with Crippen molar-refractivity contribution in [2.45, 2.75) is 32.2 Å². The molecule has 0 aliphatic heterocycles. The molecule has 2 aromatic rings. The lowest BCUT2D eigenvalue weighted by molar-refractivity contribution is 0.415. The van der Waals surface area contributed by atoms with Gasteiger partial charge in [-0.05, 0) is 56.5 Å². The Bertz CT molecular complexity index is 596. The molecule has 1 aliphatic rings. The minimum Gasteiger partial charge on any atom is -0.497 e. The molecule has 1 heterocycles. The van der Waals surface area contributed by atoms with E-state index in [9.17, 15) is 0 Å². The number of fused-ring (bicyclic) bond motifs is 1. The molecule has 0 unspecified atom stereocenters. The van der Waals surface area contributed by atoms with Crippen LogP contribution < -0.4 is 10.1 Å². The van der Waals surface area contributed by atoms with Crippen LogP contribution in [0.25, 0.3) is 10.9 Å². The molecule has 3 heteroatoms. The minimum atomic E-state index is 0.782. The number of nitrogens with zero attached hydrogens (tertiary/aromatic N) is 1. The van der Waals surface area contributed by atoms with Gasteiger partial charge in [-0.3, -0.25) is 0 Å². The maximum absolute atomic E-state index is 5.35. The standard InChI is InChI=1S/C16H22N2O/c1-11-14(8-9-17-12-4-5-12)15-10-13(19-3)6-7-16(15)18(11)2/h6-7,10,12,17H,4-5,8-9H2,1-3H3. The molecular formula is C16H22N2O. The van der Waals surface area contributed by atoms with Gasteiger partial charge in [0.25, 0.3) is 0 Å². The molecule has 1 aliphatic carbocycles. The van der Waals surface area contributed by atoms with Crippen LogP contribution in [0, 0.1) is 6.92 Å². The molecule has 19 heavy (non-hydrogen) atoms. The molecule has 0 saturated heterocycles. The summed E-state index contributed by atoms with van der Waals surface area (Å²) in [6.45, 7) is 3.28. The lowest BCUT2D eigenvalue weighted by atomic mass is 10.1. The van der Waals surface area contributed by atoms with Crippen molar-refractivity contribution < 1.29 is 4.74 Å². The van der Waals surface area contributed by atoms with Gasteiger partial charge in [-0.2, -0.15) is 0 Å². The summed E-state index contributed by atoms with van der Waals surface area (Å²) in [5.74, 6) is 0.939. The van der Waals surface area contributed by atoms with Gasteiger partial charge in [0.2, 0.25) is 0 Å². The Morgan fingerprint density at radius 1 is 1.37 bits per heavy atom. The quantitative estimate of drug-likeness (QED) is 0.892. The number of aromatic nitrogens is 1. The lowest BCUT2D eigenvalue weighted by Gasteiger charge is -2.04. The number of hydrogen-bond acceptors (Lipinski definition) is 2. The van der Waals surface area contributed by atoms with Crippen LogP contribution in [-0.4, -0.2) is 24.3 Å². The molecule has 1 saturated carbocycles. The molecule has 0 bridgehead atoms. The van der Waals surface area contributed by atoms with Crippen molar-refractivity contribution in [1.82, 2.24) is 9.88 Å². The van der Waals surface area contributed by atoms with E-state index in [4.69, 9.17) is 4.74 Å². The minimum absolute atomic E-state index is 0.782. The highest BCUT2D eigenvalue weighted by Crippen LogP contribution is 2.29. The molecule has 0 amide bonds. The van der Waals surface area contributed by atoms with Crippen molar-refractivity contribution in [2.75, 3.05) is 13.7 Å². The van der Waals surface area contributed by atoms with E-state index in [1.165, 1.54) is 35.0 Å². The summed E-state index contributed by atoms with van der Waals surface area (Å²) in [7, 11) is 3.87. The fraction of sp³-hybridized carbons (Fsp3) is 0.500. The Balaban J connectivity index is 1.92. The van der Waals surface area contributed by atoms with Crippen molar-refractivity contribution in [3.05, 3.63) is 29.5 Å². The van der Waals surface area contributed by atoms with Crippen molar-refractivity contribution >= 4 is 10.9 Å². The zero-order chi connectivity index (χ0) is 13.4. The number of nitrogens with one attached hydrogen (secondary N) is 1. The first-order valence-electron chi connectivity index (χ1n) is 7.06. The fourth-order valence-corrected chi connectivity index (χ4v) is 2.76. The summed E-state index contributed by atoms with van der Waals surface area (Å²) >= 11 is 0. The van der Waals surface area contributed by atoms with Gasteiger partial charge in [-0.25, -0.2) is 0 Å². The van der Waals surface area contributed by atoms with Gasteiger partial charge in [0.15, 0.2) is 0 Å². The van der Waals surface area contributed by atoms with E-state index >= 15 is 0 Å². The fourth-order valence-electron chi connectivity index (χ4n) is 2.76. The third-order valence-corrected chi connectivity index (χ3v) is 4.22. The molecule has 1 N–H and O–H groups in total. The van der Waals surface area contributed by atoms with Crippen molar-refractivity contribution in [1.29, 1.82) is 0 Å². The average molecular weight is 258 g/mol. The number of ether oxygens (including phenoxy) is 1. The largest absolute Gasteiger partial charge is 0.497 e. The third kappa shape index (κ3) is 2.35. The summed E-state index contributed by atoms with van der Waals surface area (Å²) in [5.41, 5.74) is 4.10. The molecule has 0 radical (unpaired) electrons. The van der Waals surface area contributed by atoms with E-state index < -0.39 is 0 Å². The Kier molecular flexibility index (Phi) is 3.23. The molecule has 3 rings (SSSR count). The molecule has 0 atom stereocenters. The molecule has 1 fully saturated rings. The first kappa shape index (κ1) is 12.5. The summed E-state index contributed by atoms with van der Waals surface area (Å²) in [5, 5.41) is 4.92. The number of benzene rings is 1. The number of aryl methyl sites for hydroxylation is 1. The van der Waals surface area contributed by atoms with E-state index in [0.29, 0.717) is 0 Å². The smallest absolute Gasteiger partial charge is 0.119 e. The van der Waals surface area contributed by atoms with Crippen molar-refractivity contribution in [2.24, 2.45) is 7.05 Å². The Hall–Kier alpha value is -1.48. The second kappa shape index (κ2) is 4.89. The first-order valence-corrected chi connectivity index (χ1v) is 7.06. The number of hydrogen-bond donors (Lipinski definition) is 1. The SMILES string of the molecule is COc1ccc2c(c1)c(CCNC1CC1)c(C)n2C. The van der Waals surface area contributed by atoms with Gasteiger partial charge < -0.3 is 14.6 Å². The Labute approximate surface area is 114 Å². The maximum Gasteiger partial charge on any atom is 0.119 e. The summed E-state index contributed by atoms with van der Waals surface area (Å²) in [6.07, 6.45) is 3.79. The van der Waals surface area contributed by atoms with E-state index in [1.54, 1.807) is 7.11 Å². The molecule has 1 aromatic carbocycles. The highest BCUT2D eigenvalue weighted by atomic mass is 16.5. The molecular weight excluding hydrogens is 236 g/mol. The van der Waals surface area contributed by atoms with E-state index in [1.807, 2.05) is 6.07 Å². The van der Waals surface area contributed by atoms with Gasteiger partial charge in [0, 0.05) is 29.7 Å². The highest BCUT2D eigenvalue weighted by Gasteiger charge is 2.20. The van der Waals surface area contributed by atoms with Crippen LogP contribution in [0.5, 0.6) is 5.75 Å². The van der Waals surface area contributed by atoms with Crippen LogP contribution in [0.4, 0.5) is 0 Å². The summed E-state index contributed by atoms with van der Waals surface area (Å²) in [6, 6.07) is 7.13. The highest BCUT2D eigenvalue weighted by molar-refractivity contribution is 5.86. The summed E-state index contributed by atoms with van der Waals surface area (Å²) < 4.78 is 7.63. The lowest BCUT2D eigenvalue weighted by Crippen LogP contribution is -2.19. The molecule has 102 valence electrons. The predicted octanol–water partition coefficient (Wildman–Crippen LogP) is 2.79. The van der Waals surface area contributed by atoms with Crippen LogP contribution in [-0.2, 0) is 13.5 Å². The van der Waals surface area contributed by atoms with Gasteiger partial charge in [0.1, 0.15) is 5.75 Å². The topological polar surface area (TPSA) is 26.2 Å². The normalized spacial score (nSPS) is 15.1. The second-order valence-corrected chi connectivity index (χ2v) is 5.48. The van der Waals surface area contributed by atoms with E-state index in [-0.39, 0.29) is 0 Å². The second-order valence-electron chi connectivity index (χ2n) is 5.48. The first-order chi connectivity index (χ1) is 9.20. The molecule has 1 aromatic heterocycles. The van der Waals surface area contributed by atoms with Gasteiger partial charge in [-0.1, -0.05) is 0 Å². The van der Waals surface area contributed by atoms with Gasteiger partial charge >= 0.3 is 0 Å². The van der Waals surface area contributed by atoms with Crippen LogP contribution in [0.1, 0.15) is 24.1 Å². The van der Waals surface area contributed by atoms with E-state index in [2.05, 4.69) is 36.0 Å². The summed E-state index contributed by atoms with van der Waals surface area (Å²) in [4.78, 5) is 0. The van der Waals surface area contributed by atoms with Crippen molar-refractivity contribution in [3.63, 3.8) is 0 Å². The number of methoxy groups -OCH3 is 1. The molecule has 0 spiro atoms. The molecule has 3 nitrogen and oxygen atoms in total. The number of rotatable bonds is 5. The zero-order valence-corrected chi connectivity index (χ0v) is 12.0. The van der Waals surface area contributed by atoms with Crippen LogP contribution in [0.3, 0.4) is 0 Å². The third-order valence-electron chi connectivity index (χ3n) is 4.22.